The Morgan fingerprint density at radius 3 is 3.00 bits per heavy atom. The first-order chi connectivity index (χ1) is 6.27. The van der Waals surface area contributed by atoms with Crippen molar-refractivity contribution < 1.29 is 4.74 Å². The molecule has 1 aliphatic heterocycles. The lowest BCUT2D eigenvalue weighted by atomic mass is 10.0. The number of nitrogens with two attached hydrogens (primary N) is 1. The number of aliphatic imine (C=N–C) groups is 1. The van der Waals surface area contributed by atoms with E-state index in [2.05, 4.69) is 17.2 Å². The Kier molecular flexibility index (Phi) is 4.02. The molecular weight excluding hydrogens is 166 g/mol. The van der Waals surface area contributed by atoms with Crippen LogP contribution >= 0.6 is 0 Å². The van der Waals surface area contributed by atoms with Gasteiger partial charge in [-0.2, -0.15) is 0 Å². The first-order valence-corrected chi connectivity index (χ1v) is 4.91. The lowest BCUT2D eigenvalue weighted by molar-refractivity contribution is 0.166. The van der Waals surface area contributed by atoms with Crippen LogP contribution in [-0.4, -0.2) is 31.8 Å². The molecule has 1 rings (SSSR count). The summed E-state index contributed by atoms with van der Waals surface area (Å²) in [5.74, 6) is 0. The van der Waals surface area contributed by atoms with Crippen molar-refractivity contribution in [3.05, 3.63) is 0 Å². The van der Waals surface area contributed by atoms with Crippen molar-refractivity contribution >= 4 is 6.02 Å². The normalized spacial score (nSPS) is 23.8. The van der Waals surface area contributed by atoms with Crippen LogP contribution in [0.15, 0.2) is 4.99 Å². The maximum Gasteiger partial charge on any atom is 0.282 e. The van der Waals surface area contributed by atoms with Crippen molar-refractivity contribution in [3.63, 3.8) is 0 Å². The second-order valence-electron chi connectivity index (χ2n) is 3.37. The van der Waals surface area contributed by atoms with Crippen LogP contribution in [-0.2, 0) is 4.74 Å². The van der Waals surface area contributed by atoms with Gasteiger partial charge in [0.1, 0.15) is 6.10 Å². The van der Waals surface area contributed by atoms with E-state index in [1.165, 1.54) is 12.8 Å². The number of unbranched alkanes of at least 4 members (excludes halogenated alkanes) is 1. The minimum absolute atomic E-state index is 0.136. The van der Waals surface area contributed by atoms with Crippen LogP contribution in [0.1, 0.15) is 26.2 Å². The molecule has 0 saturated carbocycles. The van der Waals surface area contributed by atoms with E-state index >= 15 is 0 Å². The second kappa shape index (κ2) is 5.07. The summed E-state index contributed by atoms with van der Waals surface area (Å²) in [6.07, 6.45) is 3.68. The summed E-state index contributed by atoms with van der Waals surface area (Å²) in [5.41, 5.74) is 5.45. The third-order valence-electron chi connectivity index (χ3n) is 2.39. The molecule has 0 aromatic heterocycles. The minimum atomic E-state index is 0.136. The molecule has 0 bridgehead atoms. The smallest absolute Gasteiger partial charge is 0.282 e. The number of hydrogen-bond acceptors (Lipinski definition) is 4. The van der Waals surface area contributed by atoms with Gasteiger partial charge in [-0.3, -0.25) is 0 Å². The Morgan fingerprint density at radius 2 is 2.54 bits per heavy atom. The van der Waals surface area contributed by atoms with E-state index in [0.717, 1.165) is 6.42 Å². The zero-order valence-corrected chi connectivity index (χ0v) is 8.42. The molecule has 0 aliphatic carbocycles. The topological polar surface area (TPSA) is 59.6 Å². The molecule has 0 amide bonds. The summed E-state index contributed by atoms with van der Waals surface area (Å²) in [6, 6.07) is 0.714. The van der Waals surface area contributed by atoms with Crippen molar-refractivity contribution in [2.75, 3.05) is 13.6 Å². The van der Waals surface area contributed by atoms with E-state index in [1.807, 2.05) is 7.05 Å². The highest BCUT2D eigenvalue weighted by Crippen LogP contribution is 2.12. The molecule has 4 heteroatoms. The minimum Gasteiger partial charge on any atom is -0.458 e. The van der Waals surface area contributed by atoms with E-state index < -0.39 is 0 Å². The fourth-order valence-corrected chi connectivity index (χ4v) is 1.56. The molecule has 0 spiro atoms. The third-order valence-corrected chi connectivity index (χ3v) is 2.39. The maximum atomic E-state index is 5.45. The Bertz CT molecular complexity index is 182. The molecule has 4 nitrogen and oxygen atoms in total. The average Bonchev–Trinajstić information content (AvgIpc) is 2.54. The van der Waals surface area contributed by atoms with Crippen LogP contribution in [0.4, 0.5) is 0 Å². The molecule has 2 unspecified atom stereocenters. The molecule has 3 N–H and O–H groups in total. The molecule has 0 aromatic rings. The summed E-state index contributed by atoms with van der Waals surface area (Å²) < 4.78 is 5.38. The quantitative estimate of drug-likeness (QED) is 0.655. The highest BCUT2D eigenvalue weighted by Gasteiger charge is 2.25. The van der Waals surface area contributed by atoms with Gasteiger partial charge in [0.2, 0.25) is 0 Å². The molecular formula is C9H19N3O. The van der Waals surface area contributed by atoms with Crippen LogP contribution in [0.3, 0.4) is 0 Å². The van der Waals surface area contributed by atoms with Crippen molar-refractivity contribution in [2.24, 2.45) is 10.7 Å². The van der Waals surface area contributed by atoms with Crippen molar-refractivity contribution in [2.45, 2.75) is 38.3 Å². The predicted molar refractivity (Wildman–Crippen MR) is 53.7 cm³/mol. The fraction of sp³-hybridized carbons (Fsp3) is 0.889. The zero-order chi connectivity index (χ0) is 9.68. The molecule has 0 fully saturated rings. The fourth-order valence-electron chi connectivity index (χ4n) is 1.56. The predicted octanol–water partition coefficient (Wildman–Crippen LogP) is 0.478. The summed E-state index contributed by atoms with van der Waals surface area (Å²) in [5, 5.41) is 3.25. The molecule has 13 heavy (non-hydrogen) atoms. The largest absolute Gasteiger partial charge is 0.458 e. The number of nitrogens with zero attached hydrogens (tertiary/aromatic N) is 1. The lowest BCUT2D eigenvalue weighted by Crippen LogP contribution is -2.40. The Hall–Kier alpha value is -0.770. The SMILES string of the molecule is CCCCC(NC)C1CN=C(N)O1. The van der Waals surface area contributed by atoms with Crippen molar-refractivity contribution in [3.8, 4) is 0 Å². The second-order valence-corrected chi connectivity index (χ2v) is 3.37. The number of amidine groups is 1. The molecule has 76 valence electrons. The van der Waals surface area contributed by atoms with E-state index in [4.69, 9.17) is 10.5 Å². The van der Waals surface area contributed by atoms with Gasteiger partial charge in [-0.05, 0) is 13.5 Å². The van der Waals surface area contributed by atoms with Crippen LogP contribution in [0.25, 0.3) is 0 Å². The van der Waals surface area contributed by atoms with Crippen LogP contribution in [0.5, 0.6) is 0 Å². The monoisotopic (exact) mass is 185 g/mol. The summed E-state index contributed by atoms with van der Waals surface area (Å²) >= 11 is 0. The zero-order valence-electron chi connectivity index (χ0n) is 8.42. The lowest BCUT2D eigenvalue weighted by Gasteiger charge is -2.21. The molecule has 0 radical (unpaired) electrons. The van der Waals surface area contributed by atoms with E-state index in [0.29, 0.717) is 18.6 Å². The number of nitrogens with one attached hydrogen (secondary N) is 1. The first kappa shape index (κ1) is 10.3. The number of ether oxygens (including phenoxy) is 1. The van der Waals surface area contributed by atoms with E-state index in [1.54, 1.807) is 0 Å². The van der Waals surface area contributed by atoms with Crippen LogP contribution < -0.4 is 11.1 Å². The number of likely N-dealkylation sites (N-methyl/N-ethyl adjacent to an activating group) is 1. The molecule has 1 aliphatic rings. The standard InChI is InChI=1S/C9H19N3O/c1-3-4-5-7(11-2)8-6-12-9(10)13-8/h7-8,11H,3-6H2,1-2H3,(H2,10,12). The van der Waals surface area contributed by atoms with Gasteiger partial charge in [-0.25, -0.2) is 4.99 Å². The average molecular weight is 185 g/mol. The highest BCUT2D eigenvalue weighted by molar-refractivity contribution is 5.73. The Labute approximate surface area is 79.6 Å². The van der Waals surface area contributed by atoms with Gasteiger partial charge >= 0.3 is 0 Å². The molecule has 0 aromatic carbocycles. The van der Waals surface area contributed by atoms with E-state index in [-0.39, 0.29) is 6.10 Å². The first-order valence-electron chi connectivity index (χ1n) is 4.91. The van der Waals surface area contributed by atoms with Crippen molar-refractivity contribution in [1.29, 1.82) is 0 Å². The third kappa shape index (κ3) is 2.88. The summed E-state index contributed by atoms with van der Waals surface area (Å²) in [6.45, 7) is 2.88. The van der Waals surface area contributed by atoms with Gasteiger partial charge in [0.25, 0.3) is 6.02 Å². The van der Waals surface area contributed by atoms with E-state index in [9.17, 15) is 0 Å². The van der Waals surface area contributed by atoms with Gasteiger partial charge in [0.05, 0.1) is 6.54 Å². The highest BCUT2D eigenvalue weighted by atomic mass is 16.5. The van der Waals surface area contributed by atoms with Gasteiger partial charge in [0, 0.05) is 6.04 Å². The van der Waals surface area contributed by atoms with Gasteiger partial charge in [0.15, 0.2) is 0 Å². The molecule has 1 heterocycles. The van der Waals surface area contributed by atoms with Gasteiger partial charge < -0.3 is 15.8 Å². The maximum absolute atomic E-state index is 5.45. The Morgan fingerprint density at radius 1 is 1.77 bits per heavy atom. The molecule has 0 saturated heterocycles. The summed E-state index contributed by atoms with van der Waals surface area (Å²) in [7, 11) is 1.96. The Balaban J connectivity index is 2.31. The van der Waals surface area contributed by atoms with Crippen molar-refractivity contribution in [1.82, 2.24) is 5.32 Å². The number of hydrogen-bond donors (Lipinski definition) is 2. The van der Waals surface area contributed by atoms with Gasteiger partial charge in [-0.1, -0.05) is 19.8 Å². The van der Waals surface area contributed by atoms with Crippen LogP contribution in [0.2, 0.25) is 0 Å². The summed E-state index contributed by atoms with van der Waals surface area (Å²) in [4.78, 5) is 4.03. The van der Waals surface area contributed by atoms with Crippen LogP contribution in [0, 0.1) is 0 Å². The van der Waals surface area contributed by atoms with Gasteiger partial charge in [-0.15, -0.1) is 0 Å². The molecule has 2 atom stereocenters. The number of rotatable bonds is 5.